The highest BCUT2D eigenvalue weighted by Gasteiger charge is 2.30. The minimum Gasteiger partial charge on any atom is -0.466 e. The van der Waals surface area contributed by atoms with Gasteiger partial charge in [-0.2, -0.15) is 13.2 Å². The largest absolute Gasteiger partial charge is 0.466 e. The van der Waals surface area contributed by atoms with Crippen LogP contribution in [0, 0.1) is 0 Å². The molecule has 0 saturated heterocycles. The zero-order valence-corrected chi connectivity index (χ0v) is 13.0. The standard InChI is InChI=1S/C12H18F3NO5S/c1-3-20-10(18)6-5-8(11(19)21-4-2)16-9(17)7-22-12(13,14)15/h8H,3-7H2,1-2H3,(H,16,17). The molecule has 0 rings (SSSR count). The number of hydrogen-bond donors (Lipinski definition) is 1. The average Bonchev–Trinajstić information content (AvgIpc) is 2.41. The van der Waals surface area contributed by atoms with Gasteiger partial charge in [0.1, 0.15) is 6.04 Å². The number of esters is 2. The third kappa shape index (κ3) is 10.3. The number of amides is 1. The second-order valence-corrected chi connectivity index (χ2v) is 4.99. The van der Waals surface area contributed by atoms with Crippen LogP contribution in [0.25, 0.3) is 0 Å². The molecule has 0 spiro atoms. The number of alkyl halides is 3. The van der Waals surface area contributed by atoms with Gasteiger partial charge >= 0.3 is 17.4 Å². The second-order valence-electron chi connectivity index (χ2n) is 3.95. The summed E-state index contributed by atoms with van der Waals surface area (Å²) in [5, 5.41) is 2.13. The average molecular weight is 345 g/mol. The first kappa shape index (κ1) is 20.6. The summed E-state index contributed by atoms with van der Waals surface area (Å²) < 4.78 is 45.4. The molecule has 6 nitrogen and oxygen atoms in total. The van der Waals surface area contributed by atoms with Crippen LogP contribution in [-0.4, -0.2) is 48.4 Å². The van der Waals surface area contributed by atoms with Crippen LogP contribution >= 0.6 is 11.8 Å². The first-order valence-electron chi connectivity index (χ1n) is 6.51. The van der Waals surface area contributed by atoms with Gasteiger partial charge < -0.3 is 14.8 Å². The van der Waals surface area contributed by atoms with Crippen LogP contribution in [0.2, 0.25) is 0 Å². The Bertz CT molecular complexity index is 389. The lowest BCUT2D eigenvalue weighted by Gasteiger charge is -2.17. The molecule has 1 unspecified atom stereocenters. The van der Waals surface area contributed by atoms with E-state index in [0.717, 1.165) is 0 Å². The summed E-state index contributed by atoms with van der Waals surface area (Å²) in [6.45, 7) is 3.36. The minimum absolute atomic E-state index is 0.0436. The number of halogens is 3. The minimum atomic E-state index is -4.54. The third-order valence-electron chi connectivity index (χ3n) is 2.22. The summed E-state index contributed by atoms with van der Waals surface area (Å²) in [6.07, 6.45) is -0.274. The molecule has 0 fully saturated rings. The van der Waals surface area contributed by atoms with Crippen LogP contribution in [0.3, 0.4) is 0 Å². The maximum absolute atomic E-state index is 12.0. The molecule has 0 radical (unpaired) electrons. The Morgan fingerprint density at radius 1 is 1.14 bits per heavy atom. The number of carbonyl (C=O) groups excluding carboxylic acids is 3. The molecule has 128 valence electrons. The fourth-order valence-electron chi connectivity index (χ4n) is 1.37. The second kappa shape index (κ2) is 10.3. The summed E-state index contributed by atoms with van der Waals surface area (Å²) in [6, 6.07) is -1.19. The fraction of sp³-hybridized carbons (Fsp3) is 0.750. The van der Waals surface area contributed by atoms with E-state index in [1.807, 2.05) is 0 Å². The Balaban J connectivity index is 4.49. The molecule has 0 aromatic rings. The van der Waals surface area contributed by atoms with Crippen LogP contribution in [-0.2, 0) is 23.9 Å². The SMILES string of the molecule is CCOC(=O)CCC(NC(=O)CSC(F)(F)F)C(=O)OCC. The van der Waals surface area contributed by atoms with Gasteiger partial charge in [0.05, 0.1) is 19.0 Å². The van der Waals surface area contributed by atoms with E-state index < -0.39 is 46.9 Å². The molecule has 0 heterocycles. The number of nitrogens with one attached hydrogen (secondary N) is 1. The van der Waals surface area contributed by atoms with Crippen molar-refractivity contribution in [2.75, 3.05) is 19.0 Å². The highest BCUT2D eigenvalue weighted by atomic mass is 32.2. The zero-order chi connectivity index (χ0) is 17.2. The number of thioether (sulfide) groups is 1. The van der Waals surface area contributed by atoms with Gasteiger partial charge in [0.25, 0.3) is 0 Å². The quantitative estimate of drug-likeness (QED) is 0.640. The van der Waals surface area contributed by atoms with Crippen LogP contribution in [0.5, 0.6) is 0 Å². The molecule has 0 aliphatic heterocycles. The van der Waals surface area contributed by atoms with E-state index in [1.165, 1.54) is 0 Å². The molecule has 1 atom stereocenters. The van der Waals surface area contributed by atoms with Crippen molar-refractivity contribution in [3.63, 3.8) is 0 Å². The van der Waals surface area contributed by atoms with Crippen molar-refractivity contribution in [2.24, 2.45) is 0 Å². The summed E-state index contributed by atoms with van der Waals surface area (Å²) in [5.41, 5.74) is -4.54. The molecular formula is C12H18F3NO5S. The first-order valence-corrected chi connectivity index (χ1v) is 7.50. The molecule has 0 aliphatic carbocycles. The van der Waals surface area contributed by atoms with Crippen molar-refractivity contribution < 1.29 is 37.0 Å². The van der Waals surface area contributed by atoms with Crippen molar-refractivity contribution in [1.82, 2.24) is 5.32 Å². The smallest absolute Gasteiger partial charge is 0.442 e. The highest BCUT2D eigenvalue weighted by Crippen LogP contribution is 2.29. The Hall–Kier alpha value is -1.45. The highest BCUT2D eigenvalue weighted by molar-refractivity contribution is 8.00. The molecule has 1 amide bonds. The Labute approximate surface area is 130 Å². The Morgan fingerprint density at radius 2 is 1.73 bits per heavy atom. The van der Waals surface area contributed by atoms with Gasteiger partial charge in [0, 0.05) is 6.42 Å². The normalized spacial score (nSPS) is 12.4. The van der Waals surface area contributed by atoms with Crippen molar-refractivity contribution in [2.45, 2.75) is 38.2 Å². The molecule has 22 heavy (non-hydrogen) atoms. The van der Waals surface area contributed by atoms with Crippen LogP contribution in [0.1, 0.15) is 26.7 Å². The zero-order valence-electron chi connectivity index (χ0n) is 12.2. The van der Waals surface area contributed by atoms with Crippen LogP contribution < -0.4 is 5.32 Å². The summed E-state index contributed by atoms with van der Waals surface area (Å²) in [7, 11) is 0. The third-order valence-corrected chi connectivity index (χ3v) is 2.95. The van der Waals surface area contributed by atoms with Gasteiger partial charge in [0.15, 0.2) is 0 Å². The lowest BCUT2D eigenvalue weighted by Crippen LogP contribution is -2.43. The fourth-order valence-corrected chi connectivity index (χ4v) is 1.75. The molecular weight excluding hydrogens is 327 g/mol. The number of hydrogen-bond acceptors (Lipinski definition) is 6. The molecule has 0 aromatic carbocycles. The number of carbonyl (C=O) groups is 3. The van der Waals surface area contributed by atoms with Crippen molar-refractivity contribution in [3.8, 4) is 0 Å². The van der Waals surface area contributed by atoms with E-state index in [2.05, 4.69) is 10.1 Å². The lowest BCUT2D eigenvalue weighted by atomic mass is 10.1. The van der Waals surface area contributed by atoms with Gasteiger partial charge in [-0.3, -0.25) is 9.59 Å². The summed E-state index contributed by atoms with van der Waals surface area (Å²) in [5.74, 6) is -3.23. The van der Waals surface area contributed by atoms with E-state index in [0.29, 0.717) is 0 Å². The molecule has 0 aromatic heterocycles. The van der Waals surface area contributed by atoms with Crippen molar-refractivity contribution >= 4 is 29.6 Å². The topological polar surface area (TPSA) is 81.7 Å². The number of rotatable bonds is 9. The van der Waals surface area contributed by atoms with Crippen molar-refractivity contribution in [3.05, 3.63) is 0 Å². The summed E-state index contributed by atoms with van der Waals surface area (Å²) in [4.78, 5) is 34.3. The van der Waals surface area contributed by atoms with E-state index >= 15 is 0 Å². The lowest BCUT2D eigenvalue weighted by molar-refractivity contribution is -0.148. The number of ether oxygens (including phenoxy) is 2. The predicted molar refractivity (Wildman–Crippen MR) is 72.9 cm³/mol. The van der Waals surface area contributed by atoms with Gasteiger partial charge in [-0.1, -0.05) is 0 Å². The molecule has 1 N–H and O–H groups in total. The van der Waals surface area contributed by atoms with Gasteiger partial charge in [-0.25, -0.2) is 4.79 Å². The maximum atomic E-state index is 12.0. The van der Waals surface area contributed by atoms with E-state index in [-0.39, 0.29) is 26.1 Å². The van der Waals surface area contributed by atoms with Gasteiger partial charge in [0.2, 0.25) is 5.91 Å². The Morgan fingerprint density at radius 3 is 2.23 bits per heavy atom. The molecule has 0 aliphatic rings. The van der Waals surface area contributed by atoms with Gasteiger partial charge in [-0.05, 0) is 32.0 Å². The van der Waals surface area contributed by atoms with E-state index in [4.69, 9.17) is 4.74 Å². The van der Waals surface area contributed by atoms with Crippen molar-refractivity contribution in [1.29, 1.82) is 0 Å². The van der Waals surface area contributed by atoms with E-state index in [1.54, 1.807) is 13.8 Å². The summed E-state index contributed by atoms with van der Waals surface area (Å²) >= 11 is -0.515. The van der Waals surface area contributed by atoms with Crippen LogP contribution in [0.15, 0.2) is 0 Å². The Kier molecular flexibility index (Phi) is 9.63. The van der Waals surface area contributed by atoms with Crippen LogP contribution in [0.4, 0.5) is 13.2 Å². The predicted octanol–water partition coefficient (Wildman–Crippen LogP) is 1.63. The molecule has 0 bridgehead atoms. The monoisotopic (exact) mass is 345 g/mol. The molecule has 10 heteroatoms. The maximum Gasteiger partial charge on any atom is 0.442 e. The molecule has 0 saturated carbocycles. The van der Waals surface area contributed by atoms with Gasteiger partial charge in [-0.15, -0.1) is 0 Å². The van der Waals surface area contributed by atoms with E-state index in [9.17, 15) is 27.6 Å². The first-order chi connectivity index (χ1) is 10.2.